The van der Waals surface area contributed by atoms with Crippen molar-refractivity contribution in [2.75, 3.05) is 6.61 Å². The molecule has 3 N–H and O–H groups in total. The van der Waals surface area contributed by atoms with Crippen molar-refractivity contribution in [2.24, 2.45) is 5.73 Å². The Hall–Kier alpha value is -1.85. The van der Waals surface area contributed by atoms with Gasteiger partial charge in [-0.25, -0.2) is 9.59 Å². The Labute approximate surface area is 87.5 Å². The Morgan fingerprint density at radius 3 is 2.33 bits per heavy atom. The zero-order chi connectivity index (χ0) is 11.8. The standard InChI is InChI=1S/C9H14N2O4/c1-3-7(12)6(5-11-9(10)14)8(13)15-4-2/h5H,3-4H2,1-2H3,(H3,10,11,14). The summed E-state index contributed by atoms with van der Waals surface area (Å²) in [6.45, 7) is 3.37. The number of ketones is 1. The number of carbonyl (C=O) groups is 3. The lowest BCUT2D eigenvalue weighted by molar-refractivity contribution is -0.140. The van der Waals surface area contributed by atoms with E-state index in [1.165, 1.54) is 0 Å². The van der Waals surface area contributed by atoms with E-state index in [2.05, 4.69) is 10.1 Å². The summed E-state index contributed by atoms with van der Waals surface area (Å²) in [5.41, 5.74) is 4.59. The molecular weight excluding hydrogens is 200 g/mol. The summed E-state index contributed by atoms with van der Waals surface area (Å²) in [4.78, 5) is 32.9. The molecule has 84 valence electrons. The minimum Gasteiger partial charge on any atom is -0.462 e. The molecule has 0 aliphatic carbocycles. The highest BCUT2D eigenvalue weighted by Crippen LogP contribution is 2.02. The Bertz CT molecular complexity index is 296. The van der Waals surface area contributed by atoms with Crippen LogP contribution < -0.4 is 11.1 Å². The molecule has 0 aromatic heterocycles. The van der Waals surface area contributed by atoms with Crippen LogP contribution in [-0.2, 0) is 14.3 Å². The fourth-order valence-corrected chi connectivity index (χ4v) is 0.796. The lowest BCUT2D eigenvalue weighted by Gasteiger charge is -2.04. The predicted octanol–water partition coefficient (Wildman–Crippen LogP) is 0.0808. The molecule has 0 aromatic carbocycles. The van der Waals surface area contributed by atoms with Gasteiger partial charge in [0.1, 0.15) is 5.57 Å². The first-order chi connectivity index (χ1) is 7.02. The van der Waals surface area contributed by atoms with Gasteiger partial charge in [-0.05, 0) is 6.92 Å². The average molecular weight is 214 g/mol. The first kappa shape index (κ1) is 13.2. The summed E-state index contributed by atoms with van der Waals surface area (Å²) in [5.74, 6) is -1.18. The largest absolute Gasteiger partial charge is 0.462 e. The monoisotopic (exact) mass is 214 g/mol. The van der Waals surface area contributed by atoms with E-state index in [1.54, 1.807) is 13.8 Å². The minimum atomic E-state index is -0.847. The number of primary amides is 1. The van der Waals surface area contributed by atoms with Crippen LogP contribution in [0.4, 0.5) is 4.79 Å². The van der Waals surface area contributed by atoms with Crippen LogP contribution in [0.2, 0.25) is 0 Å². The number of nitrogens with one attached hydrogen (secondary N) is 1. The van der Waals surface area contributed by atoms with Crippen LogP contribution in [0.25, 0.3) is 0 Å². The van der Waals surface area contributed by atoms with Gasteiger partial charge >= 0.3 is 12.0 Å². The van der Waals surface area contributed by atoms with Crippen molar-refractivity contribution in [1.29, 1.82) is 0 Å². The summed E-state index contributed by atoms with van der Waals surface area (Å²) < 4.78 is 4.64. The molecular formula is C9H14N2O4. The Balaban J connectivity index is 4.72. The number of carbonyl (C=O) groups excluding carboxylic acids is 3. The maximum Gasteiger partial charge on any atom is 0.343 e. The highest BCUT2D eigenvalue weighted by Gasteiger charge is 2.17. The topological polar surface area (TPSA) is 98.5 Å². The van der Waals surface area contributed by atoms with Crippen LogP contribution in [0.5, 0.6) is 0 Å². The normalized spacial score (nSPS) is 10.7. The van der Waals surface area contributed by atoms with E-state index in [-0.39, 0.29) is 18.6 Å². The summed E-state index contributed by atoms with van der Waals surface area (Å²) >= 11 is 0. The molecule has 0 fully saturated rings. The third-order valence-electron chi connectivity index (χ3n) is 1.48. The Kier molecular flexibility index (Phi) is 5.77. The van der Waals surface area contributed by atoms with Crippen LogP contribution in [0.3, 0.4) is 0 Å². The maximum atomic E-state index is 11.3. The highest BCUT2D eigenvalue weighted by molar-refractivity contribution is 6.17. The molecule has 0 rings (SSSR count). The third kappa shape index (κ3) is 4.80. The predicted molar refractivity (Wildman–Crippen MR) is 52.7 cm³/mol. The third-order valence-corrected chi connectivity index (χ3v) is 1.48. The number of hydrogen-bond donors (Lipinski definition) is 2. The van der Waals surface area contributed by atoms with Crippen molar-refractivity contribution in [3.05, 3.63) is 11.8 Å². The molecule has 6 heteroatoms. The van der Waals surface area contributed by atoms with Crippen LogP contribution in [0, 0.1) is 0 Å². The Morgan fingerprint density at radius 2 is 1.93 bits per heavy atom. The van der Waals surface area contributed by atoms with Gasteiger partial charge in [0.05, 0.1) is 6.61 Å². The van der Waals surface area contributed by atoms with Crippen molar-refractivity contribution < 1.29 is 19.1 Å². The first-order valence-electron chi connectivity index (χ1n) is 4.49. The first-order valence-corrected chi connectivity index (χ1v) is 4.49. The van der Waals surface area contributed by atoms with Crippen LogP contribution in [0.1, 0.15) is 20.3 Å². The van der Waals surface area contributed by atoms with E-state index in [9.17, 15) is 14.4 Å². The van der Waals surface area contributed by atoms with Gasteiger partial charge in [0.15, 0.2) is 5.78 Å². The molecule has 0 radical (unpaired) electrons. The van der Waals surface area contributed by atoms with Crippen molar-refractivity contribution in [1.82, 2.24) is 5.32 Å². The fraction of sp³-hybridized carbons (Fsp3) is 0.444. The van der Waals surface area contributed by atoms with Gasteiger partial charge in [-0.1, -0.05) is 6.92 Å². The molecule has 0 unspecified atom stereocenters. The molecule has 0 aromatic rings. The second-order valence-electron chi connectivity index (χ2n) is 2.56. The zero-order valence-electron chi connectivity index (χ0n) is 8.70. The number of urea groups is 1. The maximum absolute atomic E-state index is 11.3. The lowest BCUT2D eigenvalue weighted by atomic mass is 10.1. The van der Waals surface area contributed by atoms with Crippen molar-refractivity contribution in [3.8, 4) is 0 Å². The minimum absolute atomic E-state index is 0.144. The van der Waals surface area contributed by atoms with Gasteiger partial charge < -0.3 is 15.8 Å². The number of ether oxygens (including phenoxy) is 1. The summed E-state index contributed by atoms with van der Waals surface area (Å²) in [6, 6.07) is -0.847. The number of hydrogen-bond acceptors (Lipinski definition) is 4. The molecule has 0 atom stereocenters. The van der Waals surface area contributed by atoms with E-state index >= 15 is 0 Å². The van der Waals surface area contributed by atoms with Gasteiger partial charge in [0.25, 0.3) is 0 Å². The molecule has 0 aliphatic heterocycles. The molecule has 15 heavy (non-hydrogen) atoms. The second kappa shape index (κ2) is 6.58. The van der Waals surface area contributed by atoms with Crippen LogP contribution in [0.15, 0.2) is 11.8 Å². The van der Waals surface area contributed by atoms with Gasteiger partial charge in [-0.3, -0.25) is 4.79 Å². The molecule has 0 saturated heterocycles. The van der Waals surface area contributed by atoms with Gasteiger partial charge in [0.2, 0.25) is 0 Å². The number of Topliss-reactive ketones (excluding diaryl/α,β-unsaturated/α-hetero) is 1. The number of esters is 1. The van der Waals surface area contributed by atoms with E-state index in [1.807, 2.05) is 0 Å². The molecule has 0 saturated carbocycles. The fourth-order valence-electron chi connectivity index (χ4n) is 0.796. The van der Waals surface area contributed by atoms with E-state index in [4.69, 9.17) is 5.73 Å². The number of rotatable bonds is 5. The SMILES string of the molecule is CCOC(=O)C(=CNC(N)=O)C(=O)CC. The number of amides is 2. The van der Waals surface area contributed by atoms with Crippen molar-refractivity contribution >= 4 is 17.8 Å². The number of nitrogens with two attached hydrogens (primary N) is 1. The van der Waals surface area contributed by atoms with Crippen LogP contribution in [-0.4, -0.2) is 24.4 Å². The van der Waals surface area contributed by atoms with Crippen molar-refractivity contribution in [3.63, 3.8) is 0 Å². The zero-order valence-corrected chi connectivity index (χ0v) is 8.70. The van der Waals surface area contributed by atoms with Gasteiger partial charge in [0, 0.05) is 12.6 Å². The average Bonchev–Trinajstić information content (AvgIpc) is 2.17. The molecule has 0 heterocycles. The van der Waals surface area contributed by atoms with Gasteiger partial charge in [-0.2, -0.15) is 0 Å². The molecule has 0 aliphatic rings. The molecule has 0 bridgehead atoms. The van der Waals surface area contributed by atoms with Gasteiger partial charge in [-0.15, -0.1) is 0 Å². The van der Waals surface area contributed by atoms with E-state index in [0.717, 1.165) is 6.20 Å². The van der Waals surface area contributed by atoms with Crippen LogP contribution >= 0.6 is 0 Å². The summed E-state index contributed by atoms with van der Waals surface area (Å²) in [7, 11) is 0. The lowest BCUT2D eigenvalue weighted by Crippen LogP contribution is -2.27. The van der Waals surface area contributed by atoms with E-state index < -0.39 is 17.8 Å². The Morgan fingerprint density at radius 1 is 1.33 bits per heavy atom. The molecule has 6 nitrogen and oxygen atoms in total. The smallest absolute Gasteiger partial charge is 0.343 e. The van der Waals surface area contributed by atoms with Crippen molar-refractivity contribution in [2.45, 2.75) is 20.3 Å². The quantitative estimate of drug-likeness (QED) is 0.293. The second-order valence-corrected chi connectivity index (χ2v) is 2.56. The highest BCUT2D eigenvalue weighted by atomic mass is 16.5. The molecule has 0 spiro atoms. The summed E-state index contributed by atoms with van der Waals surface area (Å²) in [5, 5.41) is 2.06. The molecule has 2 amide bonds. The van der Waals surface area contributed by atoms with E-state index in [0.29, 0.717) is 0 Å². The summed E-state index contributed by atoms with van der Waals surface area (Å²) in [6.07, 6.45) is 1.11.